The third kappa shape index (κ3) is 2.67. The van der Waals surface area contributed by atoms with Crippen molar-refractivity contribution >= 4 is 29.1 Å². The number of nitrogens with zero attached hydrogens (tertiary/aromatic N) is 1. The van der Waals surface area contributed by atoms with Crippen molar-refractivity contribution in [3.05, 3.63) is 33.8 Å². The summed E-state index contributed by atoms with van der Waals surface area (Å²) < 4.78 is 0. The van der Waals surface area contributed by atoms with Gasteiger partial charge in [0.2, 0.25) is 5.91 Å². The number of rotatable bonds is 2. The first kappa shape index (κ1) is 11.7. The van der Waals surface area contributed by atoms with E-state index in [1.807, 2.05) is 11.0 Å². The first-order valence-electron chi connectivity index (χ1n) is 5.09. The van der Waals surface area contributed by atoms with Crippen molar-refractivity contribution in [2.24, 2.45) is 0 Å². The van der Waals surface area contributed by atoms with E-state index in [1.165, 1.54) is 0 Å². The molecule has 1 aromatic carbocycles. The van der Waals surface area contributed by atoms with Gasteiger partial charge in [-0.05, 0) is 17.7 Å². The summed E-state index contributed by atoms with van der Waals surface area (Å²) in [7, 11) is 0. The second-order valence-electron chi connectivity index (χ2n) is 3.74. The Balaban J connectivity index is 2.08. The maximum atomic E-state index is 11.6. The van der Waals surface area contributed by atoms with Gasteiger partial charge in [-0.1, -0.05) is 29.3 Å². The molecular formula is C11H12Cl2N2O. The molecule has 2 rings (SSSR count). The molecule has 1 fully saturated rings. The minimum absolute atomic E-state index is 0.123. The molecule has 1 aliphatic heterocycles. The molecule has 1 saturated heterocycles. The van der Waals surface area contributed by atoms with Crippen LogP contribution in [0.25, 0.3) is 0 Å². The summed E-state index contributed by atoms with van der Waals surface area (Å²) in [6.07, 6.45) is 0. The van der Waals surface area contributed by atoms with Crippen LogP contribution in [-0.4, -0.2) is 30.4 Å². The standard InChI is InChI=1S/C11H12Cl2N2O/c12-9-2-1-8(5-10(9)13)7-15-4-3-14-6-11(15)16/h1-2,5,14H,3-4,6-7H2. The zero-order chi connectivity index (χ0) is 11.5. The first-order chi connectivity index (χ1) is 7.66. The quantitative estimate of drug-likeness (QED) is 0.880. The summed E-state index contributed by atoms with van der Waals surface area (Å²) in [5.74, 6) is 0.123. The zero-order valence-electron chi connectivity index (χ0n) is 8.67. The second kappa shape index (κ2) is 5.04. The largest absolute Gasteiger partial charge is 0.336 e. The molecule has 1 amide bonds. The lowest BCUT2D eigenvalue weighted by molar-refractivity contribution is -0.132. The number of piperazine rings is 1. The Morgan fingerprint density at radius 1 is 1.31 bits per heavy atom. The van der Waals surface area contributed by atoms with E-state index in [1.54, 1.807) is 12.1 Å². The summed E-state index contributed by atoms with van der Waals surface area (Å²) in [6.45, 7) is 2.59. The molecule has 1 aliphatic rings. The Hall–Kier alpha value is -0.770. The topological polar surface area (TPSA) is 32.3 Å². The van der Waals surface area contributed by atoms with Crippen molar-refractivity contribution in [3.8, 4) is 0 Å². The third-order valence-corrected chi connectivity index (χ3v) is 3.28. The van der Waals surface area contributed by atoms with Gasteiger partial charge in [0, 0.05) is 19.6 Å². The molecule has 5 heteroatoms. The van der Waals surface area contributed by atoms with Crippen LogP contribution in [0.15, 0.2) is 18.2 Å². The normalized spacial score (nSPS) is 16.6. The molecule has 86 valence electrons. The van der Waals surface area contributed by atoms with Crippen molar-refractivity contribution < 1.29 is 4.79 Å². The predicted molar refractivity (Wildman–Crippen MR) is 64.7 cm³/mol. The Labute approximate surface area is 104 Å². The molecule has 1 heterocycles. The summed E-state index contributed by atoms with van der Waals surface area (Å²) in [6, 6.07) is 5.45. The van der Waals surface area contributed by atoms with E-state index >= 15 is 0 Å². The number of carbonyl (C=O) groups is 1. The van der Waals surface area contributed by atoms with Crippen LogP contribution in [0.1, 0.15) is 5.56 Å². The molecule has 0 bridgehead atoms. The van der Waals surface area contributed by atoms with Crippen molar-refractivity contribution in [1.29, 1.82) is 0 Å². The minimum atomic E-state index is 0.123. The lowest BCUT2D eigenvalue weighted by Gasteiger charge is -2.27. The molecule has 0 unspecified atom stereocenters. The van der Waals surface area contributed by atoms with E-state index in [4.69, 9.17) is 23.2 Å². The second-order valence-corrected chi connectivity index (χ2v) is 4.55. The van der Waals surface area contributed by atoms with E-state index < -0.39 is 0 Å². The van der Waals surface area contributed by atoms with Gasteiger partial charge in [0.05, 0.1) is 16.6 Å². The van der Waals surface area contributed by atoms with Gasteiger partial charge in [0.25, 0.3) is 0 Å². The highest BCUT2D eigenvalue weighted by molar-refractivity contribution is 6.42. The molecule has 0 saturated carbocycles. The lowest BCUT2D eigenvalue weighted by Crippen LogP contribution is -2.47. The highest BCUT2D eigenvalue weighted by atomic mass is 35.5. The molecule has 3 nitrogen and oxygen atoms in total. The monoisotopic (exact) mass is 258 g/mol. The number of halogens is 2. The number of amides is 1. The van der Waals surface area contributed by atoms with E-state index in [2.05, 4.69) is 5.32 Å². The number of hydrogen-bond donors (Lipinski definition) is 1. The maximum absolute atomic E-state index is 11.6. The van der Waals surface area contributed by atoms with Crippen LogP contribution in [0.4, 0.5) is 0 Å². The van der Waals surface area contributed by atoms with Crippen LogP contribution in [0.2, 0.25) is 10.0 Å². The van der Waals surface area contributed by atoms with E-state index in [0.717, 1.165) is 18.7 Å². The van der Waals surface area contributed by atoms with Crippen LogP contribution in [0.5, 0.6) is 0 Å². The first-order valence-corrected chi connectivity index (χ1v) is 5.85. The number of nitrogens with one attached hydrogen (secondary N) is 1. The van der Waals surface area contributed by atoms with Crippen LogP contribution in [0, 0.1) is 0 Å². The fraction of sp³-hybridized carbons (Fsp3) is 0.364. The Morgan fingerprint density at radius 3 is 2.81 bits per heavy atom. The molecule has 0 aromatic heterocycles. The summed E-state index contributed by atoms with van der Waals surface area (Å²) in [5.41, 5.74) is 1.00. The maximum Gasteiger partial charge on any atom is 0.236 e. The van der Waals surface area contributed by atoms with Gasteiger partial charge in [-0.2, -0.15) is 0 Å². The number of benzene rings is 1. The predicted octanol–water partition coefficient (Wildman–Crippen LogP) is 1.93. The lowest BCUT2D eigenvalue weighted by atomic mass is 10.2. The minimum Gasteiger partial charge on any atom is -0.336 e. The molecular weight excluding hydrogens is 247 g/mol. The van der Waals surface area contributed by atoms with Gasteiger partial charge >= 0.3 is 0 Å². The van der Waals surface area contributed by atoms with Crippen molar-refractivity contribution in [3.63, 3.8) is 0 Å². The van der Waals surface area contributed by atoms with Crippen molar-refractivity contribution in [1.82, 2.24) is 10.2 Å². The molecule has 0 atom stereocenters. The fourth-order valence-corrected chi connectivity index (χ4v) is 1.99. The highest BCUT2D eigenvalue weighted by Crippen LogP contribution is 2.23. The summed E-state index contributed by atoms with van der Waals surface area (Å²) in [5, 5.41) is 4.10. The van der Waals surface area contributed by atoms with Crippen molar-refractivity contribution in [2.75, 3.05) is 19.6 Å². The average molecular weight is 259 g/mol. The average Bonchev–Trinajstić information content (AvgIpc) is 2.27. The van der Waals surface area contributed by atoms with Gasteiger partial charge in [0.1, 0.15) is 0 Å². The Kier molecular flexibility index (Phi) is 3.69. The van der Waals surface area contributed by atoms with E-state index in [-0.39, 0.29) is 5.91 Å². The Bertz CT molecular complexity index is 409. The highest BCUT2D eigenvalue weighted by Gasteiger charge is 2.17. The van der Waals surface area contributed by atoms with Gasteiger partial charge in [-0.15, -0.1) is 0 Å². The summed E-state index contributed by atoms with van der Waals surface area (Å²) in [4.78, 5) is 13.4. The summed E-state index contributed by atoms with van der Waals surface area (Å²) >= 11 is 11.7. The number of carbonyl (C=O) groups excluding carboxylic acids is 1. The van der Waals surface area contributed by atoms with Crippen LogP contribution in [0.3, 0.4) is 0 Å². The number of hydrogen-bond acceptors (Lipinski definition) is 2. The molecule has 1 N–H and O–H groups in total. The zero-order valence-corrected chi connectivity index (χ0v) is 10.2. The van der Waals surface area contributed by atoms with E-state index in [0.29, 0.717) is 23.1 Å². The fourth-order valence-electron chi connectivity index (χ4n) is 1.67. The van der Waals surface area contributed by atoms with Crippen molar-refractivity contribution in [2.45, 2.75) is 6.54 Å². The third-order valence-electron chi connectivity index (χ3n) is 2.54. The van der Waals surface area contributed by atoms with E-state index in [9.17, 15) is 4.79 Å². The van der Waals surface area contributed by atoms with Crippen LogP contribution < -0.4 is 5.32 Å². The molecule has 0 radical (unpaired) electrons. The van der Waals surface area contributed by atoms with Gasteiger partial charge in [-0.3, -0.25) is 4.79 Å². The van der Waals surface area contributed by atoms with Gasteiger partial charge < -0.3 is 10.2 Å². The SMILES string of the molecule is O=C1CNCCN1Cc1ccc(Cl)c(Cl)c1. The van der Waals surface area contributed by atoms with Gasteiger partial charge in [-0.25, -0.2) is 0 Å². The van der Waals surface area contributed by atoms with Gasteiger partial charge in [0.15, 0.2) is 0 Å². The molecule has 1 aromatic rings. The molecule has 0 aliphatic carbocycles. The molecule has 16 heavy (non-hydrogen) atoms. The van der Waals surface area contributed by atoms with Crippen LogP contribution >= 0.6 is 23.2 Å². The Morgan fingerprint density at radius 2 is 2.12 bits per heavy atom. The smallest absolute Gasteiger partial charge is 0.236 e. The molecule has 0 spiro atoms. The van der Waals surface area contributed by atoms with Crippen LogP contribution in [-0.2, 0) is 11.3 Å².